The Morgan fingerprint density at radius 2 is 1.89 bits per heavy atom. The van der Waals surface area contributed by atoms with Crippen LogP contribution in [0.3, 0.4) is 0 Å². The molecule has 3 aromatic rings. The van der Waals surface area contributed by atoms with E-state index in [-0.39, 0.29) is 5.91 Å². The first-order valence-electron chi connectivity index (χ1n) is 9.98. The molecule has 1 amide bonds. The third kappa shape index (κ3) is 3.90. The number of carbonyl (C=O) groups is 1. The zero-order chi connectivity index (χ0) is 18.6. The van der Waals surface area contributed by atoms with E-state index in [1.54, 1.807) is 4.90 Å². The molecule has 0 aliphatic heterocycles. The van der Waals surface area contributed by atoms with Gasteiger partial charge in [-0.25, -0.2) is 4.98 Å². The molecule has 27 heavy (non-hydrogen) atoms. The maximum atomic E-state index is 12.8. The lowest BCUT2D eigenvalue weighted by molar-refractivity contribution is 0.0797. The lowest BCUT2D eigenvalue weighted by atomic mass is 9.95. The Labute approximate surface area is 160 Å². The average Bonchev–Trinajstić information content (AvgIpc) is 3.16. The van der Waals surface area contributed by atoms with Crippen molar-refractivity contribution in [3.63, 3.8) is 0 Å². The molecule has 4 nitrogen and oxygen atoms in total. The lowest BCUT2D eigenvalue weighted by Crippen LogP contribution is -2.28. The molecule has 1 aromatic heterocycles. The maximum absolute atomic E-state index is 12.8. The van der Waals surface area contributed by atoms with Gasteiger partial charge in [-0.2, -0.15) is 0 Å². The number of imidazole rings is 1. The first-order valence-corrected chi connectivity index (χ1v) is 9.98. The number of likely N-dealkylation sites (N-methyl/N-ethyl adjacent to an activating group) is 1. The second-order valence-corrected chi connectivity index (χ2v) is 7.61. The number of benzene rings is 2. The Morgan fingerprint density at radius 1 is 1.11 bits per heavy atom. The Balaban J connectivity index is 1.47. The van der Waals surface area contributed by atoms with Crippen LogP contribution in [0.4, 0.5) is 0 Å². The van der Waals surface area contributed by atoms with Crippen molar-refractivity contribution in [2.45, 2.75) is 44.6 Å². The van der Waals surface area contributed by atoms with Crippen molar-refractivity contribution in [3.05, 3.63) is 66.0 Å². The highest BCUT2D eigenvalue weighted by Crippen LogP contribution is 2.31. The molecule has 1 aliphatic carbocycles. The highest BCUT2D eigenvalue weighted by atomic mass is 16.2. The largest absolute Gasteiger partial charge is 0.341 e. The first-order chi connectivity index (χ1) is 13.2. The molecular weight excluding hydrogens is 334 g/mol. The van der Waals surface area contributed by atoms with Crippen LogP contribution in [0.5, 0.6) is 0 Å². The van der Waals surface area contributed by atoms with Crippen molar-refractivity contribution in [1.29, 1.82) is 0 Å². The molecule has 0 atom stereocenters. The maximum Gasteiger partial charge on any atom is 0.253 e. The minimum Gasteiger partial charge on any atom is -0.341 e. The van der Waals surface area contributed by atoms with Gasteiger partial charge in [-0.15, -0.1) is 0 Å². The Hall–Kier alpha value is -2.62. The van der Waals surface area contributed by atoms with E-state index in [4.69, 9.17) is 0 Å². The fraction of sp³-hybridized carbons (Fsp3) is 0.391. The molecule has 0 bridgehead atoms. The molecular formula is C23H27N3O. The summed E-state index contributed by atoms with van der Waals surface area (Å²) in [7, 11) is 1.87. The van der Waals surface area contributed by atoms with E-state index < -0.39 is 0 Å². The van der Waals surface area contributed by atoms with Gasteiger partial charge in [-0.1, -0.05) is 49.6 Å². The second-order valence-electron chi connectivity index (χ2n) is 7.61. The number of aromatic nitrogens is 2. The summed E-state index contributed by atoms with van der Waals surface area (Å²) in [6.07, 6.45) is 9.22. The van der Waals surface area contributed by atoms with Crippen LogP contribution in [-0.4, -0.2) is 34.0 Å². The predicted octanol–water partition coefficient (Wildman–Crippen LogP) is 4.86. The van der Waals surface area contributed by atoms with Crippen LogP contribution < -0.4 is 0 Å². The van der Waals surface area contributed by atoms with E-state index in [9.17, 15) is 4.79 Å². The van der Waals surface area contributed by atoms with Gasteiger partial charge in [0, 0.05) is 25.2 Å². The van der Waals surface area contributed by atoms with Gasteiger partial charge >= 0.3 is 0 Å². The molecule has 1 fully saturated rings. The van der Waals surface area contributed by atoms with E-state index >= 15 is 0 Å². The second kappa shape index (κ2) is 7.95. The van der Waals surface area contributed by atoms with Gasteiger partial charge < -0.3 is 9.47 Å². The van der Waals surface area contributed by atoms with Crippen molar-refractivity contribution in [2.75, 3.05) is 13.6 Å². The first kappa shape index (κ1) is 17.8. The monoisotopic (exact) mass is 361 g/mol. The summed E-state index contributed by atoms with van der Waals surface area (Å²) >= 11 is 0. The number of hydrogen-bond donors (Lipinski definition) is 0. The van der Waals surface area contributed by atoms with Crippen molar-refractivity contribution >= 4 is 16.9 Å². The van der Waals surface area contributed by atoms with Crippen LogP contribution in [0.1, 0.15) is 54.1 Å². The van der Waals surface area contributed by atoms with Crippen molar-refractivity contribution in [1.82, 2.24) is 14.5 Å². The van der Waals surface area contributed by atoms with Gasteiger partial charge in [0.05, 0.1) is 17.4 Å². The van der Waals surface area contributed by atoms with E-state index in [0.717, 1.165) is 17.5 Å². The zero-order valence-electron chi connectivity index (χ0n) is 16.0. The van der Waals surface area contributed by atoms with E-state index in [1.807, 2.05) is 43.7 Å². The van der Waals surface area contributed by atoms with Gasteiger partial charge in [-0.3, -0.25) is 4.79 Å². The van der Waals surface area contributed by atoms with E-state index in [0.29, 0.717) is 18.2 Å². The van der Waals surface area contributed by atoms with Crippen molar-refractivity contribution in [2.24, 2.45) is 0 Å². The predicted molar refractivity (Wildman–Crippen MR) is 109 cm³/mol. The molecule has 0 spiro atoms. The van der Waals surface area contributed by atoms with Gasteiger partial charge in [-0.05, 0) is 43.0 Å². The summed E-state index contributed by atoms with van der Waals surface area (Å²) in [6.45, 7) is 0.706. The standard InChI is InChI=1S/C23H27N3O/c1-25(15-14-18-8-4-2-5-9-18)23(27)19-12-13-22-21(16-19)24-17-26(22)20-10-6-3-7-11-20/h2,4-5,8-9,12-13,16-17,20H,3,6-7,10-11,14-15H2,1H3. The average molecular weight is 361 g/mol. The highest BCUT2D eigenvalue weighted by Gasteiger charge is 2.18. The fourth-order valence-corrected chi connectivity index (χ4v) is 4.08. The summed E-state index contributed by atoms with van der Waals surface area (Å²) in [5.41, 5.74) is 4.03. The molecule has 140 valence electrons. The Kier molecular flexibility index (Phi) is 5.23. The van der Waals surface area contributed by atoms with Crippen LogP contribution in [0, 0.1) is 0 Å². The lowest BCUT2D eigenvalue weighted by Gasteiger charge is -2.23. The molecule has 0 N–H and O–H groups in total. The minimum atomic E-state index is 0.0556. The Bertz CT molecular complexity index is 910. The molecule has 0 radical (unpaired) electrons. The molecule has 4 rings (SSSR count). The number of carbonyl (C=O) groups excluding carboxylic acids is 1. The number of rotatable bonds is 5. The minimum absolute atomic E-state index is 0.0556. The molecule has 4 heteroatoms. The van der Waals surface area contributed by atoms with Crippen LogP contribution >= 0.6 is 0 Å². The van der Waals surface area contributed by atoms with Crippen LogP contribution in [0.25, 0.3) is 11.0 Å². The molecule has 1 heterocycles. The van der Waals surface area contributed by atoms with Crippen LogP contribution in [-0.2, 0) is 6.42 Å². The van der Waals surface area contributed by atoms with Crippen LogP contribution in [0.2, 0.25) is 0 Å². The number of fused-ring (bicyclic) bond motifs is 1. The van der Waals surface area contributed by atoms with Gasteiger partial charge in [0.2, 0.25) is 0 Å². The van der Waals surface area contributed by atoms with E-state index in [2.05, 4.69) is 27.8 Å². The Morgan fingerprint density at radius 3 is 2.67 bits per heavy atom. The summed E-state index contributed by atoms with van der Waals surface area (Å²) < 4.78 is 2.31. The topological polar surface area (TPSA) is 38.1 Å². The van der Waals surface area contributed by atoms with Crippen molar-refractivity contribution < 1.29 is 4.79 Å². The number of hydrogen-bond acceptors (Lipinski definition) is 2. The van der Waals surface area contributed by atoms with Crippen LogP contribution in [0.15, 0.2) is 54.9 Å². The van der Waals surface area contributed by atoms with Gasteiger partial charge in [0.15, 0.2) is 0 Å². The smallest absolute Gasteiger partial charge is 0.253 e. The zero-order valence-corrected chi connectivity index (χ0v) is 16.0. The normalized spacial score (nSPS) is 15.1. The molecule has 1 aliphatic rings. The third-order valence-corrected chi connectivity index (χ3v) is 5.72. The third-order valence-electron chi connectivity index (χ3n) is 5.72. The van der Waals surface area contributed by atoms with Gasteiger partial charge in [0.25, 0.3) is 5.91 Å². The summed E-state index contributed by atoms with van der Waals surface area (Å²) in [6, 6.07) is 16.8. The summed E-state index contributed by atoms with van der Waals surface area (Å²) in [5, 5.41) is 0. The molecule has 1 saturated carbocycles. The van der Waals surface area contributed by atoms with E-state index in [1.165, 1.54) is 37.7 Å². The number of nitrogens with zero attached hydrogens (tertiary/aromatic N) is 3. The molecule has 0 saturated heterocycles. The fourth-order valence-electron chi connectivity index (χ4n) is 4.08. The summed E-state index contributed by atoms with van der Waals surface area (Å²) in [5.74, 6) is 0.0556. The molecule has 0 unspecified atom stereocenters. The van der Waals surface area contributed by atoms with Gasteiger partial charge in [0.1, 0.15) is 0 Å². The quantitative estimate of drug-likeness (QED) is 0.651. The number of amides is 1. The summed E-state index contributed by atoms with van der Waals surface area (Å²) in [4.78, 5) is 19.2. The highest BCUT2D eigenvalue weighted by molar-refractivity contribution is 5.97. The molecule has 2 aromatic carbocycles. The van der Waals surface area contributed by atoms with Crippen molar-refractivity contribution in [3.8, 4) is 0 Å². The SMILES string of the molecule is CN(CCc1ccccc1)C(=O)c1ccc2c(c1)ncn2C1CCCCC1.